The van der Waals surface area contributed by atoms with E-state index in [4.69, 9.17) is 13.3 Å². The van der Waals surface area contributed by atoms with Gasteiger partial charge in [0.25, 0.3) is 11.4 Å². The summed E-state index contributed by atoms with van der Waals surface area (Å²) in [5, 5.41) is 2.71. The number of hydrogen-bond acceptors (Lipinski definition) is 2. The van der Waals surface area contributed by atoms with Crippen molar-refractivity contribution in [1.82, 2.24) is 5.32 Å². The average Bonchev–Trinajstić information content (AvgIpc) is 1.82. The first-order valence-electron chi connectivity index (χ1n) is 3.43. The van der Waals surface area contributed by atoms with Crippen LogP contribution in [0.5, 0.6) is 0 Å². The van der Waals surface area contributed by atoms with Crippen LogP contribution in [0.15, 0.2) is 12.7 Å². The number of hydrogen-bond donors (Lipinski definition) is 3. The molecule has 0 atom stereocenters. The van der Waals surface area contributed by atoms with Crippen LogP contribution in [0.2, 0.25) is 0 Å². The van der Waals surface area contributed by atoms with Crippen molar-refractivity contribution in [3.05, 3.63) is 12.7 Å². The number of carbonyl (C=O) groups excluding carboxylic acids is 1. The molecule has 0 spiro atoms. The smallest absolute Gasteiger partial charge is 0.299 e. The zero-order valence-electron chi connectivity index (χ0n) is 7.90. The monoisotopic (exact) mass is 209 g/mol. The standard InChI is InChI=1S/C7H13NO.H2O3S/c1-5-6(9)8-7(2,3)4;1-4(2)3/h5H,1H2,2-4H3,(H,8,9);(H2,1,2,3). The molecular formula is C7H15NO4S. The first kappa shape index (κ1) is 14.8. The lowest BCUT2D eigenvalue weighted by Gasteiger charge is -2.18. The highest BCUT2D eigenvalue weighted by molar-refractivity contribution is 7.73. The number of amides is 1. The molecule has 0 bridgehead atoms. The fourth-order valence-electron chi connectivity index (χ4n) is 0.421. The molecule has 0 heterocycles. The van der Waals surface area contributed by atoms with Gasteiger partial charge in [-0.2, -0.15) is 4.21 Å². The second-order valence-corrected chi connectivity index (χ2v) is 3.64. The van der Waals surface area contributed by atoms with E-state index in [-0.39, 0.29) is 11.4 Å². The fraction of sp³-hybridized carbons (Fsp3) is 0.571. The van der Waals surface area contributed by atoms with Crippen molar-refractivity contribution >= 4 is 17.3 Å². The molecule has 6 heteroatoms. The van der Waals surface area contributed by atoms with Crippen LogP contribution in [0.25, 0.3) is 0 Å². The van der Waals surface area contributed by atoms with Gasteiger partial charge in [0.05, 0.1) is 0 Å². The average molecular weight is 209 g/mol. The first-order valence-corrected chi connectivity index (χ1v) is 4.50. The highest BCUT2D eigenvalue weighted by atomic mass is 32.2. The van der Waals surface area contributed by atoms with Crippen LogP contribution in [-0.2, 0) is 16.2 Å². The maximum atomic E-state index is 10.6. The molecule has 1 amide bonds. The Hall–Kier alpha value is -0.720. The molecule has 0 aliphatic rings. The van der Waals surface area contributed by atoms with Crippen molar-refractivity contribution in [2.45, 2.75) is 26.3 Å². The summed E-state index contributed by atoms with van der Waals surface area (Å²) in [5.41, 5.74) is -0.148. The summed E-state index contributed by atoms with van der Waals surface area (Å²) in [6, 6.07) is 0. The van der Waals surface area contributed by atoms with Crippen LogP contribution in [0, 0.1) is 0 Å². The maximum absolute atomic E-state index is 10.6. The SMILES string of the molecule is C=CC(=O)NC(C)(C)C.O=S(O)O. The molecule has 0 aromatic carbocycles. The summed E-state index contributed by atoms with van der Waals surface area (Å²) in [6.45, 7) is 9.11. The molecule has 0 saturated carbocycles. The summed E-state index contributed by atoms with van der Waals surface area (Å²) in [4.78, 5) is 10.6. The van der Waals surface area contributed by atoms with E-state index in [1.165, 1.54) is 6.08 Å². The quantitative estimate of drug-likeness (QED) is 0.439. The normalized spacial score (nSPS) is 10.0. The van der Waals surface area contributed by atoms with E-state index in [1.807, 2.05) is 20.8 Å². The van der Waals surface area contributed by atoms with Gasteiger partial charge >= 0.3 is 0 Å². The molecule has 0 fully saturated rings. The highest BCUT2D eigenvalue weighted by Gasteiger charge is 2.10. The van der Waals surface area contributed by atoms with E-state index >= 15 is 0 Å². The van der Waals surface area contributed by atoms with Crippen LogP contribution in [0.1, 0.15) is 20.8 Å². The first-order chi connectivity index (χ1) is 5.69. The van der Waals surface area contributed by atoms with Gasteiger partial charge in [-0.3, -0.25) is 13.9 Å². The predicted molar refractivity (Wildman–Crippen MR) is 51.5 cm³/mol. The minimum atomic E-state index is -2.61. The van der Waals surface area contributed by atoms with Crippen LogP contribution < -0.4 is 5.32 Å². The van der Waals surface area contributed by atoms with Gasteiger partial charge in [0.1, 0.15) is 0 Å². The van der Waals surface area contributed by atoms with Gasteiger partial charge in [0.2, 0.25) is 5.91 Å². The van der Waals surface area contributed by atoms with E-state index in [0.29, 0.717) is 0 Å². The predicted octanol–water partition coefficient (Wildman–Crippen LogP) is 0.768. The molecule has 0 radical (unpaired) electrons. The summed E-state index contributed by atoms with van der Waals surface area (Å²) >= 11 is -2.61. The zero-order valence-corrected chi connectivity index (χ0v) is 8.72. The maximum Gasteiger partial charge on any atom is 0.299 e. The van der Waals surface area contributed by atoms with Gasteiger partial charge in [0.15, 0.2) is 0 Å². The van der Waals surface area contributed by atoms with E-state index in [1.54, 1.807) is 0 Å². The van der Waals surface area contributed by atoms with E-state index in [9.17, 15) is 4.79 Å². The summed E-state index contributed by atoms with van der Waals surface area (Å²) in [5.74, 6) is -0.123. The second-order valence-electron chi connectivity index (χ2n) is 3.17. The molecule has 0 aliphatic carbocycles. The number of rotatable bonds is 1. The fourth-order valence-corrected chi connectivity index (χ4v) is 0.421. The second kappa shape index (κ2) is 6.76. The van der Waals surface area contributed by atoms with Crippen molar-refractivity contribution in [1.29, 1.82) is 0 Å². The molecule has 13 heavy (non-hydrogen) atoms. The lowest BCUT2D eigenvalue weighted by Crippen LogP contribution is -2.39. The van der Waals surface area contributed by atoms with Crippen LogP contribution in [0.3, 0.4) is 0 Å². The molecule has 0 aromatic rings. The van der Waals surface area contributed by atoms with Crippen molar-refractivity contribution in [3.63, 3.8) is 0 Å². The molecule has 3 N–H and O–H groups in total. The Morgan fingerprint density at radius 1 is 1.46 bits per heavy atom. The Balaban J connectivity index is 0. The lowest BCUT2D eigenvalue weighted by atomic mass is 10.1. The van der Waals surface area contributed by atoms with Gasteiger partial charge in [-0.1, -0.05) is 6.58 Å². The van der Waals surface area contributed by atoms with Gasteiger partial charge in [-0.15, -0.1) is 0 Å². The van der Waals surface area contributed by atoms with E-state index < -0.39 is 11.4 Å². The number of nitrogens with one attached hydrogen (secondary N) is 1. The molecule has 78 valence electrons. The molecular weight excluding hydrogens is 194 g/mol. The Bertz CT molecular complexity index is 193. The topological polar surface area (TPSA) is 86.6 Å². The molecule has 5 nitrogen and oxygen atoms in total. The Kier molecular flexibility index (Phi) is 7.69. The number of carbonyl (C=O) groups is 1. The van der Waals surface area contributed by atoms with Crippen LogP contribution in [0.4, 0.5) is 0 Å². The largest absolute Gasteiger partial charge is 0.348 e. The van der Waals surface area contributed by atoms with Crippen LogP contribution >= 0.6 is 0 Å². The molecule has 0 aliphatic heterocycles. The van der Waals surface area contributed by atoms with Gasteiger partial charge in [0, 0.05) is 5.54 Å². The van der Waals surface area contributed by atoms with Crippen molar-refractivity contribution in [3.8, 4) is 0 Å². The zero-order chi connectivity index (χ0) is 11.1. The highest BCUT2D eigenvalue weighted by Crippen LogP contribution is 1.97. The molecule has 0 aromatic heterocycles. The van der Waals surface area contributed by atoms with Crippen molar-refractivity contribution < 1.29 is 18.1 Å². The van der Waals surface area contributed by atoms with Gasteiger partial charge < -0.3 is 5.32 Å². The minimum absolute atomic E-state index is 0.123. The van der Waals surface area contributed by atoms with E-state index in [0.717, 1.165) is 0 Å². The van der Waals surface area contributed by atoms with E-state index in [2.05, 4.69) is 11.9 Å². The lowest BCUT2D eigenvalue weighted by molar-refractivity contribution is -0.117. The Morgan fingerprint density at radius 3 is 1.85 bits per heavy atom. The molecule has 0 unspecified atom stereocenters. The third kappa shape index (κ3) is 24.6. The van der Waals surface area contributed by atoms with Crippen molar-refractivity contribution in [2.24, 2.45) is 0 Å². The third-order valence-electron chi connectivity index (χ3n) is 0.684. The van der Waals surface area contributed by atoms with Crippen molar-refractivity contribution in [2.75, 3.05) is 0 Å². The minimum Gasteiger partial charge on any atom is -0.348 e. The molecule has 0 rings (SSSR count). The van der Waals surface area contributed by atoms with Gasteiger partial charge in [-0.05, 0) is 26.8 Å². The van der Waals surface area contributed by atoms with Crippen LogP contribution in [-0.4, -0.2) is 24.8 Å². The summed E-state index contributed by atoms with van der Waals surface area (Å²) < 4.78 is 22.8. The summed E-state index contributed by atoms with van der Waals surface area (Å²) in [7, 11) is 0. The van der Waals surface area contributed by atoms with Gasteiger partial charge in [-0.25, -0.2) is 0 Å². The molecule has 0 saturated heterocycles. The summed E-state index contributed by atoms with van der Waals surface area (Å²) in [6.07, 6.45) is 1.27. The third-order valence-corrected chi connectivity index (χ3v) is 0.684. The Morgan fingerprint density at radius 2 is 1.77 bits per heavy atom. The Labute approximate surface area is 80.3 Å².